The summed E-state index contributed by atoms with van der Waals surface area (Å²) in [6.45, 7) is 2.92. The summed E-state index contributed by atoms with van der Waals surface area (Å²) in [5, 5.41) is 26.7. The third-order valence-electron chi connectivity index (χ3n) is 0. The molecular weight excluding hydrogens is 781 g/mol. The Kier molecular flexibility index (Phi) is 70.6. The van der Waals surface area contributed by atoms with Crippen molar-refractivity contribution in [3.8, 4) is 0 Å². The Balaban J connectivity index is -0.0000000184. The molecule has 0 fully saturated rings. The van der Waals surface area contributed by atoms with E-state index in [0.717, 1.165) is 20.8 Å². The molecule has 0 rings (SSSR count). The second-order valence-corrected chi connectivity index (χ2v) is 1.47. The molecule has 0 aromatic rings. The second-order valence-electron chi connectivity index (χ2n) is 1.47. The molecule has 0 aromatic heterocycles. The van der Waals surface area contributed by atoms with Crippen molar-refractivity contribution < 1.29 is 29.7 Å². The molecule has 0 heterocycles. The van der Waals surface area contributed by atoms with Gasteiger partial charge in [-0.25, -0.2) is 0 Å². The quantitative estimate of drug-likeness (QED) is 0.228. The van der Waals surface area contributed by atoms with Gasteiger partial charge in [0.15, 0.2) is 0 Å². The number of aliphatic carboxylic acids is 3. The fourth-order valence-electron chi connectivity index (χ4n) is 0. The van der Waals surface area contributed by atoms with Crippen LogP contribution in [0.2, 0.25) is 0 Å². The first-order chi connectivity index (χ1) is 5.20. The molecule has 0 unspecified atom stereocenters. The number of carboxylic acids is 3. The van der Waals surface area contributed by atoms with Crippen LogP contribution in [-0.4, -0.2) is 99.8 Å². The first-order valence-corrected chi connectivity index (χ1v) is 2.72. The smallest absolute Gasteiger partial charge is 0.550 e. The second kappa shape index (κ2) is 29.5. The van der Waals surface area contributed by atoms with E-state index in [1.165, 1.54) is 0 Å². The Morgan fingerprint density at radius 1 is 0.600 bits per heavy atom. The number of carboxylic acid groups (broad SMARTS) is 3. The van der Waals surface area contributed by atoms with Crippen molar-refractivity contribution in [1.82, 2.24) is 0 Å². The van der Waals surface area contributed by atoms with Crippen LogP contribution in [-0.2, 0) is 14.4 Å². The molecule has 0 aromatic carbocycles. The molecule has 0 aliphatic heterocycles. The van der Waals surface area contributed by atoms with Gasteiger partial charge >= 0.3 is 81.9 Å². The molecule has 0 N–H and O–H groups in total. The Labute approximate surface area is 148 Å². The molecular formula is C6H9O6Tl3. The van der Waals surface area contributed by atoms with Gasteiger partial charge in [-0.2, -0.15) is 0 Å². The summed E-state index contributed by atoms with van der Waals surface area (Å²) < 4.78 is 0. The van der Waals surface area contributed by atoms with E-state index >= 15 is 0 Å². The molecule has 0 aliphatic rings. The van der Waals surface area contributed by atoms with E-state index in [2.05, 4.69) is 0 Å². The largest absolute Gasteiger partial charge is 1.00 e. The van der Waals surface area contributed by atoms with E-state index in [0.29, 0.717) is 0 Å². The van der Waals surface area contributed by atoms with E-state index in [1.807, 2.05) is 0 Å². The van der Waals surface area contributed by atoms with Crippen molar-refractivity contribution >= 4 is 99.8 Å². The van der Waals surface area contributed by atoms with Crippen molar-refractivity contribution in [2.45, 2.75) is 20.8 Å². The van der Waals surface area contributed by atoms with Crippen LogP contribution in [0.5, 0.6) is 0 Å². The van der Waals surface area contributed by atoms with Crippen molar-refractivity contribution in [3.05, 3.63) is 0 Å². The molecule has 0 saturated carbocycles. The van der Waals surface area contributed by atoms with Crippen LogP contribution in [0, 0.1) is 0 Å². The average molecular weight is 790 g/mol. The van der Waals surface area contributed by atoms with Crippen LogP contribution in [0.25, 0.3) is 0 Å². The zero-order valence-corrected chi connectivity index (χ0v) is 22.1. The standard InChI is InChI=1S/3C2H4O2.3Tl/c3*1-2(3)4;;;/h3*1H3,(H,3,4);;;/q;;;3*+1/p-3. The summed E-state index contributed by atoms with van der Waals surface area (Å²) >= 11 is 0. The van der Waals surface area contributed by atoms with E-state index in [4.69, 9.17) is 29.7 Å². The first-order valence-electron chi connectivity index (χ1n) is 2.72. The van der Waals surface area contributed by atoms with Crippen LogP contribution >= 0.6 is 0 Å². The number of carbonyl (C=O) groups excluding carboxylic acids is 3. The summed E-state index contributed by atoms with van der Waals surface area (Å²) in [5.74, 6) is -3.25. The molecule has 6 nitrogen and oxygen atoms in total. The molecule has 0 amide bonds. The zero-order valence-electron chi connectivity index (χ0n) is 8.68. The third kappa shape index (κ3) is 1900. The molecule has 0 radical (unpaired) electrons. The average Bonchev–Trinajstić information content (AvgIpc) is 1.54. The Hall–Kier alpha value is 1.18. The van der Waals surface area contributed by atoms with Crippen LogP contribution in [0.15, 0.2) is 0 Å². The van der Waals surface area contributed by atoms with Gasteiger partial charge in [0.05, 0.1) is 0 Å². The van der Waals surface area contributed by atoms with Gasteiger partial charge in [-0.3, -0.25) is 0 Å². The maximum Gasteiger partial charge on any atom is 1.00 e. The Morgan fingerprint density at radius 3 is 0.600 bits per heavy atom. The fraction of sp³-hybridized carbons (Fsp3) is 0.500. The van der Waals surface area contributed by atoms with Gasteiger partial charge in [0.25, 0.3) is 0 Å². The summed E-state index contributed by atoms with van der Waals surface area (Å²) in [5.41, 5.74) is 0. The van der Waals surface area contributed by atoms with Crippen molar-refractivity contribution in [2.75, 3.05) is 0 Å². The first kappa shape index (κ1) is 36.0. The topological polar surface area (TPSA) is 120 Å². The number of hydrogen-bond donors (Lipinski definition) is 0. The van der Waals surface area contributed by atoms with E-state index in [-0.39, 0.29) is 81.9 Å². The Bertz CT molecular complexity index is 120. The molecule has 0 bridgehead atoms. The maximum atomic E-state index is 8.89. The predicted octanol–water partition coefficient (Wildman–Crippen LogP) is -4.87. The van der Waals surface area contributed by atoms with Gasteiger partial charge in [0.1, 0.15) is 0 Å². The monoisotopic (exact) mass is 792 g/mol. The van der Waals surface area contributed by atoms with Crippen LogP contribution in [0.4, 0.5) is 0 Å². The molecule has 9 heteroatoms. The zero-order chi connectivity index (χ0) is 10.7. The number of rotatable bonds is 0. The van der Waals surface area contributed by atoms with Gasteiger partial charge in [0, 0.05) is 17.9 Å². The molecule has 0 saturated heterocycles. The van der Waals surface area contributed by atoms with Gasteiger partial charge < -0.3 is 29.7 Å². The summed E-state index contributed by atoms with van der Waals surface area (Å²) in [6.07, 6.45) is 0. The van der Waals surface area contributed by atoms with Crippen molar-refractivity contribution in [2.24, 2.45) is 0 Å². The molecule has 0 atom stereocenters. The molecule has 0 spiro atoms. The van der Waals surface area contributed by atoms with E-state index in [1.54, 1.807) is 0 Å². The van der Waals surface area contributed by atoms with Gasteiger partial charge in [0.2, 0.25) is 0 Å². The molecule has 15 heavy (non-hydrogen) atoms. The minimum Gasteiger partial charge on any atom is -0.550 e. The van der Waals surface area contributed by atoms with Crippen molar-refractivity contribution in [1.29, 1.82) is 0 Å². The predicted molar refractivity (Wildman–Crippen MR) is 49.3 cm³/mol. The van der Waals surface area contributed by atoms with Crippen LogP contribution in [0.1, 0.15) is 20.8 Å². The molecule has 78 valence electrons. The number of hydrogen-bond acceptors (Lipinski definition) is 6. The number of carbonyl (C=O) groups is 3. The minimum absolute atomic E-state index is 0. The summed E-state index contributed by atoms with van der Waals surface area (Å²) in [4.78, 5) is 26.7. The summed E-state index contributed by atoms with van der Waals surface area (Å²) in [7, 11) is 0. The van der Waals surface area contributed by atoms with Crippen LogP contribution < -0.4 is 15.3 Å². The van der Waals surface area contributed by atoms with Crippen LogP contribution in [0.3, 0.4) is 0 Å². The fourth-order valence-corrected chi connectivity index (χ4v) is 0. The Morgan fingerprint density at radius 2 is 0.600 bits per heavy atom. The summed E-state index contributed by atoms with van der Waals surface area (Å²) in [6, 6.07) is 0. The van der Waals surface area contributed by atoms with Crippen molar-refractivity contribution in [3.63, 3.8) is 0 Å². The van der Waals surface area contributed by atoms with E-state index < -0.39 is 17.9 Å². The maximum absolute atomic E-state index is 8.89. The third-order valence-corrected chi connectivity index (χ3v) is 0. The minimum atomic E-state index is -1.08. The van der Waals surface area contributed by atoms with E-state index in [9.17, 15) is 0 Å². The van der Waals surface area contributed by atoms with Gasteiger partial charge in [-0.15, -0.1) is 0 Å². The normalized spacial score (nSPS) is 5.00. The van der Waals surface area contributed by atoms with Gasteiger partial charge in [-0.05, 0) is 20.8 Å². The molecule has 0 aliphatic carbocycles. The SMILES string of the molecule is CC(=O)[O-].CC(=O)[O-].CC(=O)[O-].[Tl+].[Tl+].[Tl+]. The van der Waals surface area contributed by atoms with Gasteiger partial charge in [-0.1, -0.05) is 0 Å².